The molecule has 1 aromatic carbocycles. The van der Waals surface area contributed by atoms with Crippen molar-refractivity contribution in [3.05, 3.63) is 35.4 Å². The highest BCUT2D eigenvalue weighted by molar-refractivity contribution is 6.01. The molecule has 2 rings (SSSR count). The van der Waals surface area contributed by atoms with Crippen LogP contribution in [0.15, 0.2) is 18.2 Å². The van der Waals surface area contributed by atoms with E-state index in [-0.39, 0.29) is 24.3 Å². The first-order valence-electron chi connectivity index (χ1n) is 5.64. The zero-order valence-electron chi connectivity index (χ0n) is 10.2. The first-order valence-corrected chi connectivity index (χ1v) is 5.64. The van der Waals surface area contributed by atoms with E-state index >= 15 is 0 Å². The fourth-order valence-corrected chi connectivity index (χ4v) is 2.11. The summed E-state index contributed by atoms with van der Waals surface area (Å²) in [5.74, 6) is -2.19. The van der Waals surface area contributed by atoms with Crippen molar-refractivity contribution in [1.82, 2.24) is 4.90 Å². The standard InChI is InChI=1S/C13H13F2NO2/c1-13(2)11(17)5-6-16(13)12(18)9-7-8(14)3-4-10(9)15/h3-4,7H,5-6H2,1-2H3. The van der Waals surface area contributed by atoms with Crippen molar-refractivity contribution in [2.75, 3.05) is 6.54 Å². The fraction of sp³-hybridized carbons (Fsp3) is 0.385. The Balaban J connectivity index is 2.38. The normalized spacial score (nSPS) is 18.2. The van der Waals surface area contributed by atoms with Gasteiger partial charge >= 0.3 is 0 Å². The molecular weight excluding hydrogens is 240 g/mol. The van der Waals surface area contributed by atoms with Crippen LogP contribution in [-0.4, -0.2) is 28.7 Å². The Morgan fingerprint density at radius 3 is 2.56 bits per heavy atom. The number of Topliss-reactive ketones (excluding diaryl/α,β-unsaturated/α-hetero) is 1. The molecule has 0 spiro atoms. The van der Waals surface area contributed by atoms with Crippen LogP contribution in [0.4, 0.5) is 8.78 Å². The van der Waals surface area contributed by atoms with Gasteiger partial charge in [0.15, 0.2) is 5.78 Å². The van der Waals surface area contributed by atoms with Gasteiger partial charge in [-0.15, -0.1) is 0 Å². The maximum Gasteiger partial charge on any atom is 0.257 e. The van der Waals surface area contributed by atoms with Gasteiger partial charge in [-0.25, -0.2) is 8.78 Å². The van der Waals surface area contributed by atoms with Gasteiger partial charge in [0, 0.05) is 13.0 Å². The molecule has 0 aromatic heterocycles. The number of likely N-dealkylation sites (tertiary alicyclic amines) is 1. The van der Waals surface area contributed by atoms with Crippen LogP contribution in [0.2, 0.25) is 0 Å². The molecule has 18 heavy (non-hydrogen) atoms. The van der Waals surface area contributed by atoms with Gasteiger partial charge in [0.2, 0.25) is 0 Å². The summed E-state index contributed by atoms with van der Waals surface area (Å²) < 4.78 is 26.6. The molecule has 1 fully saturated rings. The Labute approximate surface area is 103 Å². The van der Waals surface area contributed by atoms with E-state index in [4.69, 9.17) is 0 Å². The highest BCUT2D eigenvalue weighted by Crippen LogP contribution is 2.27. The lowest BCUT2D eigenvalue weighted by Gasteiger charge is -2.30. The van der Waals surface area contributed by atoms with Crippen LogP contribution in [-0.2, 0) is 4.79 Å². The molecule has 3 nitrogen and oxygen atoms in total. The Hall–Kier alpha value is -1.78. The maximum absolute atomic E-state index is 13.5. The molecule has 0 saturated carbocycles. The quantitative estimate of drug-likeness (QED) is 0.769. The average molecular weight is 253 g/mol. The van der Waals surface area contributed by atoms with Crippen LogP contribution in [0, 0.1) is 11.6 Å². The average Bonchev–Trinajstić information content (AvgIpc) is 2.57. The smallest absolute Gasteiger partial charge is 0.257 e. The number of rotatable bonds is 1. The number of hydrogen-bond donors (Lipinski definition) is 0. The SMILES string of the molecule is CC1(C)C(=O)CCN1C(=O)c1cc(F)ccc1F. The van der Waals surface area contributed by atoms with Gasteiger partial charge in [-0.1, -0.05) is 0 Å². The number of nitrogens with zero attached hydrogens (tertiary/aromatic N) is 1. The Morgan fingerprint density at radius 2 is 2.00 bits per heavy atom. The molecule has 0 N–H and O–H groups in total. The van der Waals surface area contributed by atoms with Gasteiger partial charge in [-0.05, 0) is 32.0 Å². The van der Waals surface area contributed by atoms with Crippen LogP contribution in [0.25, 0.3) is 0 Å². The van der Waals surface area contributed by atoms with Gasteiger partial charge < -0.3 is 4.90 Å². The summed E-state index contributed by atoms with van der Waals surface area (Å²) in [4.78, 5) is 25.1. The van der Waals surface area contributed by atoms with Crippen molar-refractivity contribution in [1.29, 1.82) is 0 Å². The summed E-state index contributed by atoms with van der Waals surface area (Å²) in [5.41, 5.74) is -1.30. The minimum absolute atomic E-state index is 0.0762. The van der Waals surface area contributed by atoms with Gasteiger partial charge in [0.1, 0.15) is 11.6 Å². The number of halogens is 2. The second-order valence-electron chi connectivity index (χ2n) is 4.81. The van der Waals surface area contributed by atoms with E-state index in [0.29, 0.717) is 0 Å². The lowest BCUT2D eigenvalue weighted by atomic mass is 10.00. The van der Waals surface area contributed by atoms with Crippen molar-refractivity contribution >= 4 is 11.7 Å². The van der Waals surface area contributed by atoms with Gasteiger partial charge in [-0.3, -0.25) is 9.59 Å². The third kappa shape index (κ3) is 1.89. The number of benzene rings is 1. The minimum Gasteiger partial charge on any atom is -0.326 e. The molecule has 1 heterocycles. The van der Waals surface area contributed by atoms with Crippen LogP contribution >= 0.6 is 0 Å². The molecule has 0 radical (unpaired) electrons. The highest BCUT2D eigenvalue weighted by Gasteiger charge is 2.43. The summed E-state index contributed by atoms with van der Waals surface area (Å²) in [6.07, 6.45) is 0.246. The predicted molar refractivity (Wildman–Crippen MR) is 61.1 cm³/mol. The first-order chi connectivity index (χ1) is 8.34. The Bertz CT molecular complexity index is 526. The number of carbonyl (C=O) groups excluding carboxylic acids is 2. The van der Waals surface area contributed by atoms with Gasteiger partial charge in [-0.2, -0.15) is 0 Å². The molecule has 1 aromatic rings. The zero-order valence-corrected chi connectivity index (χ0v) is 10.2. The van der Waals surface area contributed by atoms with E-state index in [1.165, 1.54) is 4.90 Å². The number of carbonyl (C=O) groups is 2. The molecule has 1 aliphatic rings. The molecular formula is C13H13F2NO2. The molecule has 0 aliphatic carbocycles. The maximum atomic E-state index is 13.5. The minimum atomic E-state index is -0.962. The van der Waals surface area contributed by atoms with Gasteiger partial charge in [0.05, 0.1) is 11.1 Å². The van der Waals surface area contributed by atoms with Crippen molar-refractivity contribution < 1.29 is 18.4 Å². The van der Waals surface area contributed by atoms with E-state index < -0.39 is 23.1 Å². The second kappa shape index (κ2) is 4.15. The fourth-order valence-electron chi connectivity index (χ4n) is 2.11. The van der Waals surface area contributed by atoms with Crippen molar-refractivity contribution in [3.8, 4) is 0 Å². The number of amides is 1. The molecule has 1 saturated heterocycles. The van der Waals surface area contributed by atoms with E-state index in [0.717, 1.165) is 18.2 Å². The summed E-state index contributed by atoms with van der Waals surface area (Å²) in [7, 11) is 0. The molecule has 0 unspecified atom stereocenters. The van der Waals surface area contributed by atoms with Crippen molar-refractivity contribution in [2.24, 2.45) is 0 Å². The third-order valence-electron chi connectivity index (χ3n) is 3.32. The largest absolute Gasteiger partial charge is 0.326 e. The Kier molecular flexibility index (Phi) is 2.92. The van der Waals surface area contributed by atoms with Crippen LogP contribution in [0.1, 0.15) is 30.6 Å². The van der Waals surface area contributed by atoms with Crippen molar-refractivity contribution in [3.63, 3.8) is 0 Å². The highest BCUT2D eigenvalue weighted by atomic mass is 19.1. The van der Waals surface area contributed by atoms with E-state index in [2.05, 4.69) is 0 Å². The third-order valence-corrected chi connectivity index (χ3v) is 3.32. The van der Waals surface area contributed by atoms with E-state index in [9.17, 15) is 18.4 Å². The van der Waals surface area contributed by atoms with Crippen LogP contribution in [0.3, 0.4) is 0 Å². The van der Waals surface area contributed by atoms with Crippen molar-refractivity contribution in [2.45, 2.75) is 25.8 Å². The van der Waals surface area contributed by atoms with E-state index in [1.807, 2.05) is 0 Å². The molecule has 1 aliphatic heterocycles. The topological polar surface area (TPSA) is 37.4 Å². The zero-order chi connectivity index (χ0) is 13.5. The summed E-state index contributed by atoms with van der Waals surface area (Å²) in [6, 6.07) is 2.72. The molecule has 0 bridgehead atoms. The summed E-state index contributed by atoms with van der Waals surface area (Å²) >= 11 is 0. The molecule has 0 atom stereocenters. The van der Waals surface area contributed by atoms with E-state index in [1.54, 1.807) is 13.8 Å². The van der Waals surface area contributed by atoms with Crippen LogP contribution < -0.4 is 0 Å². The van der Waals surface area contributed by atoms with Crippen LogP contribution in [0.5, 0.6) is 0 Å². The first kappa shape index (κ1) is 12.7. The Morgan fingerprint density at radius 1 is 1.33 bits per heavy atom. The lowest BCUT2D eigenvalue weighted by molar-refractivity contribution is -0.123. The molecule has 1 amide bonds. The molecule has 96 valence electrons. The second-order valence-corrected chi connectivity index (χ2v) is 4.81. The predicted octanol–water partition coefficient (Wildman–Crippen LogP) is 2.16. The lowest BCUT2D eigenvalue weighted by Crippen LogP contribution is -2.46. The number of hydrogen-bond acceptors (Lipinski definition) is 2. The number of ketones is 1. The summed E-state index contributed by atoms with van der Waals surface area (Å²) in [5, 5.41) is 0. The summed E-state index contributed by atoms with van der Waals surface area (Å²) in [6.45, 7) is 3.45. The molecule has 5 heteroatoms. The van der Waals surface area contributed by atoms with Gasteiger partial charge in [0.25, 0.3) is 5.91 Å². The monoisotopic (exact) mass is 253 g/mol.